The van der Waals surface area contributed by atoms with Crippen LogP contribution in [-0.2, 0) is 0 Å². The SMILES string of the molecule is NCC1CCC(n2ccnn2)CC1. The third-order valence-corrected chi connectivity index (χ3v) is 2.96. The third kappa shape index (κ3) is 1.88. The van der Waals surface area contributed by atoms with Gasteiger partial charge in [-0.3, -0.25) is 0 Å². The van der Waals surface area contributed by atoms with E-state index in [1.807, 2.05) is 10.9 Å². The zero-order chi connectivity index (χ0) is 9.10. The Hall–Kier alpha value is -0.900. The lowest BCUT2D eigenvalue weighted by Gasteiger charge is -2.27. The molecule has 13 heavy (non-hydrogen) atoms. The molecule has 0 spiro atoms. The van der Waals surface area contributed by atoms with E-state index in [4.69, 9.17) is 5.73 Å². The van der Waals surface area contributed by atoms with Crippen LogP contribution in [0.25, 0.3) is 0 Å². The van der Waals surface area contributed by atoms with Gasteiger partial charge in [0.05, 0.1) is 12.2 Å². The van der Waals surface area contributed by atoms with Gasteiger partial charge < -0.3 is 5.73 Å². The quantitative estimate of drug-likeness (QED) is 0.737. The van der Waals surface area contributed by atoms with Crippen LogP contribution in [0, 0.1) is 5.92 Å². The molecule has 0 bridgehead atoms. The van der Waals surface area contributed by atoms with Gasteiger partial charge in [0.2, 0.25) is 0 Å². The first-order chi connectivity index (χ1) is 6.40. The van der Waals surface area contributed by atoms with Gasteiger partial charge in [0, 0.05) is 6.20 Å². The molecular formula is C9H16N4. The smallest absolute Gasteiger partial charge is 0.0693 e. The summed E-state index contributed by atoms with van der Waals surface area (Å²) in [6.45, 7) is 0.837. The van der Waals surface area contributed by atoms with Gasteiger partial charge in [-0.05, 0) is 38.1 Å². The molecule has 72 valence electrons. The predicted molar refractivity (Wildman–Crippen MR) is 50.1 cm³/mol. The van der Waals surface area contributed by atoms with E-state index in [0.717, 1.165) is 12.5 Å². The number of rotatable bonds is 2. The topological polar surface area (TPSA) is 56.7 Å². The molecule has 1 aromatic heterocycles. The molecule has 0 saturated heterocycles. The van der Waals surface area contributed by atoms with Crippen molar-refractivity contribution in [3.8, 4) is 0 Å². The van der Waals surface area contributed by atoms with Gasteiger partial charge in [0.25, 0.3) is 0 Å². The molecular weight excluding hydrogens is 164 g/mol. The minimum Gasteiger partial charge on any atom is -0.330 e. The van der Waals surface area contributed by atoms with Crippen LogP contribution in [0.1, 0.15) is 31.7 Å². The van der Waals surface area contributed by atoms with Crippen molar-refractivity contribution in [3.05, 3.63) is 12.4 Å². The van der Waals surface area contributed by atoms with Crippen LogP contribution in [0.2, 0.25) is 0 Å². The van der Waals surface area contributed by atoms with E-state index in [2.05, 4.69) is 10.3 Å². The Labute approximate surface area is 78.1 Å². The zero-order valence-electron chi connectivity index (χ0n) is 7.76. The summed E-state index contributed by atoms with van der Waals surface area (Å²) in [6, 6.07) is 0.560. The highest BCUT2D eigenvalue weighted by Crippen LogP contribution is 2.30. The maximum absolute atomic E-state index is 5.63. The number of nitrogens with two attached hydrogens (primary N) is 1. The predicted octanol–water partition coefficient (Wildman–Crippen LogP) is 0.968. The van der Waals surface area contributed by atoms with E-state index in [0.29, 0.717) is 6.04 Å². The fourth-order valence-corrected chi connectivity index (χ4v) is 2.06. The summed E-state index contributed by atoms with van der Waals surface area (Å²) in [5.74, 6) is 0.736. The number of hydrogen-bond donors (Lipinski definition) is 1. The van der Waals surface area contributed by atoms with E-state index in [-0.39, 0.29) is 0 Å². The van der Waals surface area contributed by atoms with Gasteiger partial charge >= 0.3 is 0 Å². The molecule has 1 aliphatic carbocycles. The van der Waals surface area contributed by atoms with Crippen LogP contribution in [0.15, 0.2) is 12.4 Å². The van der Waals surface area contributed by atoms with E-state index in [1.165, 1.54) is 25.7 Å². The van der Waals surface area contributed by atoms with Crippen LogP contribution < -0.4 is 5.73 Å². The lowest BCUT2D eigenvalue weighted by molar-refractivity contribution is 0.262. The lowest BCUT2D eigenvalue weighted by Crippen LogP contribution is -2.23. The zero-order valence-corrected chi connectivity index (χ0v) is 7.76. The summed E-state index contributed by atoms with van der Waals surface area (Å²) in [5, 5.41) is 7.85. The summed E-state index contributed by atoms with van der Waals surface area (Å²) < 4.78 is 1.98. The molecule has 2 N–H and O–H groups in total. The fourth-order valence-electron chi connectivity index (χ4n) is 2.06. The highest BCUT2D eigenvalue weighted by Gasteiger charge is 2.21. The molecule has 1 fully saturated rings. The summed E-state index contributed by atoms with van der Waals surface area (Å²) >= 11 is 0. The van der Waals surface area contributed by atoms with Crippen molar-refractivity contribution in [2.45, 2.75) is 31.7 Å². The molecule has 0 unspecified atom stereocenters. The molecule has 4 heteroatoms. The second kappa shape index (κ2) is 3.87. The minimum absolute atomic E-state index is 0.560. The largest absolute Gasteiger partial charge is 0.330 e. The molecule has 1 aromatic rings. The van der Waals surface area contributed by atoms with Gasteiger partial charge in [0.1, 0.15) is 0 Å². The second-order valence-corrected chi connectivity index (χ2v) is 3.79. The molecule has 1 aliphatic rings. The van der Waals surface area contributed by atoms with Crippen LogP contribution in [0.5, 0.6) is 0 Å². The van der Waals surface area contributed by atoms with Crippen molar-refractivity contribution in [2.24, 2.45) is 11.7 Å². The molecule has 1 saturated carbocycles. The van der Waals surface area contributed by atoms with E-state index in [1.54, 1.807) is 6.20 Å². The van der Waals surface area contributed by atoms with Gasteiger partial charge in [0.15, 0.2) is 0 Å². The highest BCUT2D eigenvalue weighted by molar-refractivity contribution is 4.78. The monoisotopic (exact) mass is 180 g/mol. The van der Waals surface area contributed by atoms with Crippen molar-refractivity contribution in [1.29, 1.82) is 0 Å². The van der Waals surface area contributed by atoms with Gasteiger partial charge in [-0.2, -0.15) is 0 Å². The Balaban J connectivity index is 1.92. The molecule has 0 aliphatic heterocycles. The average Bonchev–Trinajstić information content (AvgIpc) is 2.71. The maximum atomic E-state index is 5.63. The Morgan fingerprint density at radius 2 is 2.08 bits per heavy atom. The molecule has 4 nitrogen and oxygen atoms in total. The fraction of sp³-hybridized carbons (Fsp3) is 0.778. The average molecular weight is 180 g/mol. The van der Waals surface area contributed by atoms with Crippen molar-refractivity contribution >= 4 is 0 Å². The summed E-state index contributed by atoms with van der Waals surface area (Å²) in [6.07, 6.45) is 8.57. The lowest BCUT2D eigenvalue weighted by atomic mass is 9.86. The standard InChI is InChI=1S/C9H16N4/c10-7-8-1-3-9(4-2-8)13-6-5-11-12-13/h5-6,8-9H,1-4,7,10H2. The first-order valence-electron chi connectivity index (χ1n) is 4.96. The van der Waals surface area contributed by atoms with Crippen molar-refractivity contribution in [2.75, 3.05) is 6.54 Å². The van der Waals surface area contributed by atoms with Gasteiger partial charge in [-0.25, -0.2) is 4.68 Å². The van der Waals surface area contributed by atoms with Crippen LogP contribution in [0.4, 0.5) is 0 Å². The Kier molecular flexibility index (Phi) is 2.59. The van der Waals surface area contributed by atoms with Crippen LogP contribution in [0.3, 0.4) is 0 Å². The first-order valence-corrected chi connectivity index (χ1v) is 4.96. The molecule has 0 amide bonds. The number of hydrogen-bond acceptors (Lipinski definition) is 3. The Morgan fingerprint density at radius 3 is 2.62 bits per heavy atom. The van der Waals surface area contributed by atoms with E-state index >= 15 is 0 Å². The van der Waals surface area contributed by atoms with E-state index in [9.17, 15) is 0 Å². The second-order valence-electron chi connectivity index (χ2n) is 3.79. The summed E-state index contributed by atoms with van der Waals surface area (Å²) in [4.78, 5) is 0. The van der Waals surface area contributed by atoms with Crippen molar-refractivity contribution < 1.29 is 0 Å². The summed E-state index contributed by atoms with van der Waals surface area (Å²) in [7, 11) is 0. The number of nitrogens with zero attached hydrogens (tertiary/aromatic N) is 3. The molecule has 0 radical (unpaired) electrons. The summed E-state index contributed by atoms with van der Waals surface area (Å²) in [5.41, 5.74) is 5.63. The molecule has 0 atom stereocenters. The number of aromatic nitrogens is 3. The normalized spacial score (nSPS) is 29.0. The maximum Gasteiger partial charge on any atom is 0.0693 e. The molecule has 1 heterocycles. The first kappa shape index (κ1) is 8.69. The Bertz CT molecular complexity index is 236. The Morgan fingerprint density at radius 1 is 1.31 bits per heavy atom. The minimum atomic E-state index is 0.560. The molecule has 0 aromatic carbocycles. The van der Waals surface area contributed by atoms with Gasteiger partial charge in [-0.15, -0.1) is 5.10 Å². The van der Waals surface area contributed by atoms with Crippen LogP contribution >= 0.6 is 0 Å². The molecule has 2 rings (SSSR count). The van der Waals surface area contributed by atoms with E-state index < -0.39 is 0 Å². The van der Waals surface area contributed by atoms with Crippen molar-refractivity contribution in [3.63, 3.8) is 0 Å². The highest BCUT2D eigenvalue weighted by atomic mass is 15.4. The van der Waals surface area contributed by atoms with Gasteiger partial charge in [-0.1, -0.05) is 5.21 Å². The van der Waals surface area contributed by atoms with Crippen molar-refractivity contribution in [1.82, 2.24) is 15.0 Å². The van der Waals surface area contributed by atoms with Crippen LogP contribution in [-0.4, -0.2) is 21.5 Å². The third-order valence-electron chi connectivity index (χ3n) is 2.96.